The van der Waals surface area contributed by atoms with Gasteiger partial charge >= 0.3 is 6.09 Å². The zero-order valence-corrected chi connectivity index (χ0v) is 10.0. The zero-order chi connectivity index (χ0) is 12.5. The SMILES string of the molecule is CCOC(=O)N1C=Cc2c(cc3ncccn23)C1. The highest BCUT2D eigenvalue weighted by Crippen LogP contribution is 2.23. The molecule has 0 aliphatic carbocycles. The number of rotatable bonds is 1. The highest BCUT2D eigenvalue weighted by Gasteiger charge is 2.20. The van der Waals surface area contributed by atoms with Crippen LogP contribution in [0.5, 0.6) is 0 Å². The summed E-state index contributed by atoms with van der Waals surface area (Å²) in [4.78, 5) is 17.5. The van der Waals surface area contributed by atoms with Crippen molar-refractivity contribution in [3.05, 3.63) is 42.0 Å². The molecule has 5 heteroatoms. The van der Waals surface area contributed by atoms with E-state index in [2.05, 4.69) is 4.98 Å². The number of aromatic nitrogens is 2. The smallest absolute Gasteiger partial charge is 0.414 e. The molecule has 0 fully saturated rings. The van der Waals surface area contributed by atoms with Gasteiger partial charge in [0.15, 0.2) is 0 Å². The predicted molar refractivity (Wildman–Crippen MR) is 66.8 cm³/mol. The van der Waals surface area contributed by atoms with Crippen LogP contribution in [0, 0.1) is 0 Å². The van der Waals surface area contributed by atoms with E-state index in [1.54, 1.807) is 24.2 Å². The molecule has 0 bridgehead atoms. The Hall–Kier alpha value is -2.30. The van der Waals surface area contributed by atoms with Gasteiger partial charge in [0.05, 0.1) is 18.8 Å². The molecule has 3 heterocycles. The van der Waals surface area contributed by atoms with Crippen LogP contribution in [-0.2, 0) is 11.3 Å². The van der Waals surface area contributed by atoms with E-state index < -0.39 is 0 Å². The fourth-order valence-corrected chi connectivity index (χ4v) is 2.12. The number of carbonyl (C=O) groups is 1. The maximum atomic E-state index is 11.7. The van der Waals surface area contributed by atoms with E-state index in [0.717, 1.165) is 16.9 Å². The minimum Gasteiger partial charge on any atom is -0.449 e. The Kier molecular flexibility index (Phi) is 2.51. The Morgan fingerprint density at radius 2 is 2.44 bits per heavy atom. The number of hydrogen-bond donors (Lipinski definition) is 0. The summed E-state index contributed by atoms with van der Waals surface area (Å²) in [6.45, 7) is 2.71. The first-order valence-corrected chi connectivity index (χ1v) is 5.86. The molecular weight excluding hydrogens is 230 g/mol. The summed E-state index contributed by atoms with van der Waals surface area (Å²) >= 11 is 0. The predicted octanol–water partition coefficient (Wildman–Crippen LogP) is 2.28. The summed E-state index contributed by atoms with van der Waals surface area (Å²) in [6.07, 6.45) is 7.06. The summed E-state index contributed by atoms with van der Waals surface area (Å²) in [5, 5.41) is 0. The van der Waals surface area contributed by atoms with Crippen LogP contribution in [0.3, 0.4) is 0 Å². The molecule has 0 aromatic carbocycles. The number of fused-ring (bicyclic) bond motifs is 3. The topological polar surface area (TPSA) is 46.8 Å². The second-order valence-electron chi connectivity index (χ2n) is 4.05. The van der Waals surface area contributed by atoms with Crippen LogP contribution in [0.15, 0.2) is 30.7 Å². The van der Waals surface area contributed by atoms with Gasteiger partial charge in [-0.05, 0) is 30.7 Å². The zero-order valence-electron chi connectivity index (χ0n) is 10.0. The molecule has 0 atom stereocenters. The van der Waals surface area contributed by atoms with Crippen LogP contribution in [0.2, 0.25) is 0 Å². The second kappa shape index (κ2) is 4.18. The molecular formula is C13H13N3O2. The van der Waals surface area contributed by atoms with Crippen molar-refractivity contribution < 1.29 is 9.53 Å². The van der Waals surface area contributed by atoms with Crippen LogP contribution in [0.25, 0.3) is 11.7 Å². The second-order valence-corrected chi connectivity index (χ2v) is 4.05. The minimum absolute atomic E-state index is 0.317. The molecule has 1 aliphatic heterocycles. The molecule has 0 saturated carbocycles. The van der Waals surface area contributed by atoms with E-state index in [-0.39, 0.29) is 6.09 Å². The summed E-state index contributed by atoms with van der Waals surface area (Å²) in [7, 11) is 0. The Morgan fingerprint density at radius 1 is 1.56 bits per heavy atom. The van der Waals surface area contributed by atoms with Gasteiger partial charge in [-0.1, -0.05) is 0 Å². The van der Waals surface area contributed by atoms with Crippen molar-refractivity contribution >= 4 is 17.8 Å². The highest BCUT2D eigenvalue weighted by atomic mass is 16.6. The van der Waals surface area contributed by atoms with Gasteiger partial charge in [-0.15, -0.1) is 0 Å². The van der Waals surface area contributed by atoms with Crippen molar-refractivity contribution in [2.24, 2.45) is 0 Å². The third-order valence-corrected chi connectivity index (χ3v) is 2.92. The van der Waals surface area contributed by atoms with Gasteiger partial charge in [-0.2, -0.15) is 0 Å². The van der Waals surface area contributed by atoms with E-state index in [4.69, 9.17) is 4.74 Å². The van der Waals surface area contributed by atoms with Crippen LogP contribution in [-0.4, -0.2) is 27.0 Å². The van der Waals surface area contributed by atoms with E-state index in [1.807, 2.05) is 28.8 Å². The molecule has 0 N–H and O–H groups in total. The number of hydrogen-bond acceptors (Lipinski definition) is 3. The van der Waals surface area contributed by atoms with Crippen molar-refractivity contribution in [3.63, 3.8) is 0 Å². The van der Waals surface area contributed by atoms with Crippen LogP contribution in [0.4, 0.5) is 4.79 Å². The molecule has 1 aliphatic rings. The molecule has 2 aromatic heterocycles. The van der Waals surface area contributed by atoms with E-state index in [0.29, 0.717) is 13.2 Å². The van der Waals surface area contributed by atoms with Gasteiger partial charge in [-0.3, -0.25) is 4.90 Å². The third kappa shape index (κ3) is 1.64. The van der Waals surface area contributed by atoms with Gasteiger partial charge in [0.2, 0.25) is 0 Å². The average Bonchev–Trinajstić information content (AvgIpc) is 2.76. The molecule has 2 aromatic rings. The molecule has 0 unspecified atom stereocenters. The van der Waals surface area contributed by atoms with Crippen molar-refractivity contribution in [1.29, 1.82) is 0 Å². The maximum Gasteiger partial charge on any atom is 0.414 e. The Bertz CT molecular complexity index is 630. The van der Waals surface area contributed by atoms with Crippen LogP contribution >= 0.6 is 0 Å². The number of carbonyl (C=O) groups excluding carboxylic acids is 1. The highest BCUT2D eigenvalue weighted by molar-refractivity contribution is 5.73. The number of amides is 1. The first-order chi connectivity index (χ1) is 8.79. The lowest BCUT2D eigenvalue weighted by Gasteiger charge is -2.20. The maximum absolute atomic E-state index is 11.7. The fraction of sp³-hybridized carbons (Fsp3) is 0.231. The Balaban J connectivity index is 1.96. The third-order valence-electron chi connectivity index (χ3n) is 2.92. The normalized spacial score (nSPS) is 13.7. The molecule has 0 saturated heterocycles. The van der Waals surface area contributed by atoms with Gasteiger partial charge in [-0.25, -0.2) is 9.78 Å². The van der Waals surface area contributed by atoms with Gasteiger partial charge in [0.25, 0.3) is 0 Å². The van der Waals surface area contributed by atoms with Crippen molar-refractivity contribution in [3.8, 4) is 0 Å². The summed E-state index contributed by atoms with van der Waals surface area (Å²) in [5.74, 6) is 0. The van der Waals surface area contributed by atoms with Gasteiger partial charge < -0.3 is 9.14 Å². The lowest BCUT2D eigenvalue weighted by molar-refractivity contribution is 0.120. The molecule has 0 spiro atoms. The first-order valence-electron chi connectivity index (χ1n) is 5.86. The van der Waals surface area contributed by atoms with Crippen LogP contribution in [0.1, 0.15) is 18.2 Å². The lowest BCUT2D eigenvalue weighted by atomic mass is 10.2. The van der Waals surface area contributed by atoms with Crippen molar-refractivity contribution in [2.45, 2.75) is 13.5 Å². The minimum atomic E-state index is -0.317. The molecule has 1 amide bonds. The molecule has 0 radical (unpaired) electrons. The standard InChI is InChI=1S/C13H13N3O2/c1-2-18-13(17)15-7-4-11-10(9-15)8-12-14-5-3-6-16(11)12/h3-8H,2,9H2,1H3. The average molecular weight is 243 g/mol. The quantitative estimate of drug-likeness (QED) is 0.772. The van der Waals surface area contributed by atoms with E-state index in [1.165, 1.54) is 0 Å². The molecule has 3 rings (SSSR count). The monoisotopic (exact) mass is 243 g/mol. The first kappa shape index (κ1) is 10.8. The molecule has 5 nitrogen and oxygen atoms in total. The summed E-state index contributed by atoms with van der Waals surface area (Å²) < 4.78 is 6.99. The largest absolute Gasteiger partial charge is 0.449 e. The Labute approximate surface area is 104 Å². The summed E-state index contributed by atoms with van der Waals surface area (Å²) in [5.41, 5.74) is 3.03. The van der Waals surface area contributed by atoms with Crippen molar-refractivity contribution in [2.75, 3.05) is 6.61 Å². The van der Waals surface area contributed by atoms with Gasteiger partial charge in [0.1, 0.15) is 5.65 Å². The molecule has 92 valence electrons. The van der Waals surface area contributed by atoms with Gasteiger partial charge in [0, 0.05) is 18.6 Å². The van der Waals surface area contributed by atoms with Crippen LogP contribution < -0.4 is 0 Å². The number of nitrogens with zero attached hydrogens (tertiary/aromatic N) is 3. The van der Waals surface area contributed by atoms with E-state index in [9.17, 15) is 4.79 Å². The Morgan fingerprint density at radius 3 is 3.28 bits per heavy atom. The number of ether oxygens (including phenoxy) is 1. The van der Waals surface area contributed by atoms with Crippen molar-refractivity contribution in [1.82, 2.24) is 14.3 Å². The van der Waals surface area contributed by atoms with E-state index >= 15 is 0 Å². The lowest BCUT2D eigenvalue weighted by Crippen LogP contribution is -2.27. The fourth-order valence-electron chi connectivity index (χ4n) is 2.12. The molecule has 18 heavy (non-hydrogen) atoms. The summed E-state index contributed by atoms with van der Waals surface area (Å²) in [6, 6.07) is 3.88.